The van der Waals surface area contributed by atoms with E-state index in [0.717, 1.165) is 9.13 Å². The van der Waals surface area contributed by atoms with Gasteiger partial charge in [0.25, 0.3) is 0 Å². The Balaban J connectivity index is 1.38. The number of carbonyl (C=O) groups is 2. The van der Waals surface area contributed by atoms with Crippen molar-refractivity contribution in [2.45, 2.75) is 32.7 Å². The van der Waals surface area contributed by atoms with Crippen molar-refractivity contribution >= 4 is 56.7 Å². The molecule has 4 N–H and O–H groups in total. The van der Waals surface area contributed by atoms with E-state index in [2.05, 4.69) is 59.7 Å². The molecule has 1 aliphatic rings. The zero-order valence-electron chi connectivity index (χ0n) is 25.6. The lowest BCUT2D eigenvalue weighted by Crippen LogP contribution is -2.45. The zero-order chi connectivity index (χ0) is 33.2. The number of carbonyl (C=O) groups excluding carboxylic acids is 2. The third kappa shape index (κ3) is 9.04. The second kappa shape index (κ2) is 16.5. The molecular weight excluding hydrogens is 775 g/mol. The first-order chi connectivity index (χ1) is 22.1. The molecule has 0 saturated heterocycles. The molecule has 12 nitrogen and oxygen atoms in total. The standard InChI is InChI=1S/C32H34BrIN4O8/c1-5-44-25-14-21(29-28(31(40)43-4)18(2)36-32(41)37-29)8-11-24(25)45-17-27(39)38-35-15-20-12-23(33)30(26(13-20)42-3)46-16-19-6-9-22(34)10-7-19/h6-15,27,29,38-39H,5,16-17H2,1-4H3,(H2,36,37,41)/b35-15-/t27-,29-/m1/s1. The maximum Gasteiger partial charge on any atom is 0.337 e. The van der Waals surface area contributed by atoms with Crippen molar-refractivity contribution in [2.75, 3.05) is 27.4 Å². The summed E-state index contributed by atoms with van der Waals surface area (Å²) < 4.78 is 29.9. The van der Waals surface area contributed by atoms with E-state index >= 15 is 0 Å². The molecule has 0 saturated carbocycles. The van der Waals surface area contributed by atoms with Crippen LogP contribution in [0.3, 0.4) is 0 Å². The van der Waals surface area contributed by atoms with Crippen molar-refractivity contribution in [2.24, 2.45) is 5.10 Å². The first kappa shape index (κ1) is 34.8. The minimum atomic E-state index is -1.16. The molecule has 1 aliphatic heterocycles. The topological polar surface area (TPSA) is 149 Å². The number of amides is 2. The summed E-state index contributed by atoms with van der Waals surface area (Å²) in [4.78, 5) is 24.6. The molecule has 3 aromatic carbocycles. The predicted molar refractivity (Wildman–Crippen MR) is 183 cm³/mol. The smallest absolute Gasteiger partial charge is 0.337 e. The molecule has 46 heavy (non-hydrogen) atoms. The van der Waals surface area contributed by atoms with E-state index in [0.29, 0.717) is 57.5 Å². The Morgan fingerprint density at radius 3 is 2.54 bits per heavy atom. The Labute approximate surface area is 288 Å². The molecule has 0 aromatic heterocycles. The zero-order valence-corrected chi connectivity index (χ0v) is 29.3. The van der Waals surface area contributed by atoms with Gasteiger partial charge in [0.05, 0.1) is 43.1 Å². The third-order valence-electron chi connectivity index (χ3n) is 6.66. The van der Waals surface area contributed by atoms with Crippen molar-refractivity contribution in [3.8, 4) is 23.0 Å². The summed E-state index contributed by atoms with van der Waals surface area (Å²) in [5.41, 5.74) is 5.60. The second-order valence-electron chi connectivity index (χ2n) is 9.86. The van der Waals surface area contributed by atoms with Gasteiger partial charge in [-0.05, 0) is 105 Å². The van der Waals surface area contributed by atoms with Gasteiger partial charge in [0.15, 0.2) is 29.2 Å². The summed E-state index contributed by atoms with van der Waals surface area (Å²) in [6, 6.07) is 15.4. The summed E-state index contributed by atoms with van der Waals surface area (Å²) in [5.74, 6) is 1.23. The number of hydrogen-bond acceptors (Lipinski definition) is 10. The molecular formula is C32H34BrIN4O8. The summed E-state index contributed by atoms with van der Waals surface area (Å²) in [5, 5.41) is 20.0. The third-order valence-corrected chi connectivity index (χ3v) is 7.97. The highest BCUT2D eigenvalue weighted by molar-refractivity contribution is 14.1. The predicted octanol–water partition coefficient (Wildman–Crippen LogP) is 5.16. The first-order valence-corrected chi connectivity index (χ1v) is 16.0. The van der Waals surface area contributed by atoms with E-state index in [1.807, 2.05) is 37.3 Å². The van der Waals surface area contributed by atoms with Crippen LogP contribution < -0.4 is 35.0 Å². The molecule has 2 atom stereocenters. The molecule has 4 rings (SSSR count). The van der Waals surface area contributed by atoms with Gasteiger partial charge in [-0.3, -0.25) is 5.43 Å². The first-order valence-electron chi connectivity index (χ1n) is 14.1. The monoisotopic (exact) mass is 808 g/mol. The molecule has 0 spiro atoms. The summed E-state index contributed by atoms with van der Waals surface area (Å²) in [6.07, 6.45) is 0.370. The number of benzene rings is 3. The van der Waals surface area contributed by atoms with E-state index in [9.17, 15) is 14.7 Å². The number of urea groups is 1. The van der Waals surface area contributed by atoms with Crippen LogP contribution in [0.1, 0.15) is 36.6 Å². The van der Waals surface area contributed by atoms with Gasteiger partial charge < -0.3 is 39.4 Å². The molecule has 0 unspecified atom stereocenters. The Bertz CT molecular complexity index is 1620. The number of ether oxygens (including phenoxy) is 5. The van der Waals surface area contributed by atoms with E-state index in [4.69, 9.17) is 23.7 Å². The highest BCUT2D eigenvalue weighted by Gasteiger charge is 2.32. The molecule has 0 radical (unpaired) electrons. The lowest BCUT2D eigenvalue weighted by Gasteiger charge is -2.28. The van der Waals surface area contributed by atoms with Crippen molar-refractivity contribution in [1.29, 1.82) is 0 Å². The van der Waals surface area contributed by atoms with Gasteiger partial charge in [-0.2, -0.15) is 5.10 Å². The van der Waals surface area contributed by atoms with E-state index in [1.54, 1.807) is 38.3 Å². The van der Waals surface area contributed by atoms with Crippen LogP contribution in [0.2, 0.25) is 0 Å². The number of hydrazone groups is 1. The molecule has 244 valence electrons. The minimum absolute atomic E-state index is 0.161. The highest BCUT2D eigenvalue weighted by Crippen LogP contribution is 2.37. The number of esters is 1. The Hall–Kier alpha value is -4.02. The van der Waals surface area contributed by atoms with Crippen LogP contribution in [0.15, 0.2) is 75.4 Å². The van der Waals surface area contributed by atoms with E-state index in [-0.39, 0.29) is 12.2 Å². The summed E-state index contributed by atoms with van der Waals surface area (Å²) >= 11 is 5.80. The minimum Gasteiger partial charge on any atom is -0.493 e. The molecule has 2 amide bonds. The number of methoxy groups -OCH3 is 2. The van der Waals surface area contributed by atoms with Gasteiger partial charge in [0.1, 0.15) is 13.2 Å². The highest BCUT2D eigenvalue weighted by atomic mass is 127. The molecule has 3 aromatic rings. The Kier molecular flexibility index (Phi) is 12.5. The molecule has 1 heterocycles. The normalized spacial score (nSPS) is 15.1. The maximum atomic E-state index is 12.5. The van der Waals surface area contributed by atoms with Crippen LogP contribution in [0.25, 0.3) is 0 Å². The van der Waals surface area contributed by atoms with Gasteiger partial charge in [-0.15, -0.1) is 0 Å². The summed E-state index contributed by atoms with van der Waals surface area (Å²) in [6.45, 7) is 3.98. The lowest BCUT2D eigenvalue weighted by molar-refractivity contribution is -0.136. The van der Waals surface area contributed by atoms with Crippen molar-refractivity contribution in [3.63, 3.8) is 0 Å². The number of nitrogens with one attached hydrogen (secondary N) is 3. The van der Waals surface area contributed by atoms with Crippen LogP contribution >= 0.6 is 38.5 Å². The lowest BCUT2D eigenvalue weighted by atomic mass is 9.95. The van der Waals surface area contributed by atoms with Gasteiger partial charge in [-0.25, -0.2) is 9.59 Å². The van der Waals surface area contributed by atoms with Crippen molar-refractivity contribution < 1.29 is 38.4 Å². The molecule has 0 aliphatic carbocycles. The van der Waals surface area contributed by atoms with Crippen LogP contribution in [0.5, 0.6) is 23.0 Å². The second-order valence-corrected chi connectivity index (χ2v) is 12.0. The average molecular weight is 809 g/mol. The van der Waals surface area contributed by atoms with E-state index in [1.165, 1.54) is 13.3 Å². The van der Waals surface area contributed by atoms with Crippen molar-refractivity contribution in [1.82, 2.24) is 16.1 Å². The Morgan fingerprint density at radius 2 is 1.85 bits per heavy atom. The van der Waals surface area contributed by atoms with Crippen molar-refractivity contribution in [3.05, 3.63) is 90.6 Å². The molecule has 0 fully saturated rings. The quantitative estimate of drug-likeness (QED) is 0.0570. The van der Waals surface area contributed by atoms with Crippen LogP contribution in [-0.2, 0) is 16.1 Å². The molecule has 0 bridgehead atoms. The maximum absolute atomic E-state index is 12.5. The van der Waals surface area contributed by atoms with Gasteiger partial charge in [-0.1, -0.05) is 18.2 Å². The number of rotatable bonds is 14. The number of halogens is 2. The fraction of sp³-hybridized carbons (Fsp3) is 0.281. The van der Waals surface area contributed by atoms with Crippen LogP contribution in [0, 0.1) is 3.57 Å². The average Bonchev–Trinajstić information content (AvgIpc) is 3.03. The summed E-state index contributed by atoms with van der Waals surface area (Å²) in [7, 11) is 2.83. The number of aliphatic hydroxyl groups is 1. The number of nitrogens with zero attached hydrogens (tertiary/aromatic N) is 1. The number of aliphatic hydroxyl groups excluding tert-OH is 1. The Morgan fingerprint density at radius 1 is 1.09 bits per heavy atom. The largest absolute Gasteiger partial charge is 0.493 e. The fourth-order valence-corrected chi connectivity index (χ4v) is 5.44. The van der Waals surface area contributed by atoms with Gasteiger partial charge in [0, 0.05) is 9.27 Å². The van der Waals surface area contributed by atoms with Crippen LogP contribution in [-0.4, -0.2) is 57.0 Å². The fourth-order valence-electron chi connectivity index (χ4n) is 4.51. The van der Waals surface area contributed by atoms with E-state index < -0.39 is 24.3 Å². The van der Waals surface area contributed by atoms with Gasteiger partial charge >= 0.3 is 12.0 Å². The molecule has 14 heteroatoms. The number of hydrogen-bond donors (Lipinski definition) is 4. The van der Waals surface area contributed by atoms with Gasteiger partial charge in [0.2, 0.25) is 0 Å². The SMILES string of the molecule is CCOc1cc([C@H]2NC(=O)NC(C)=C2C(=O)OC)ccc1OC[C@@H](O)N/N=C\c1cc(Br)c(OCc2ccc(I)cc2)c(OC)c1. The van der Waals surface area contributed by atoms with Crippen LogP contribution in [0.4, 0.5) is 4.79 Å². The number of allylic oxidation sites excluding steroid dienone is 1.